The molecule has 0 bridgehead atoms. The van der Waals surface area contributed by atoms with Gasteiger partial charge in [-0.2, -0.15) is 17.0 Å². The van der Waals surface area contributed by atoms with Gasteiger partial charge < -0.3 is 5.32 Å². The van der Waals surface area contributed by atoms with E-state index in [1.807, 2.05) is 12.1 Å². The largest absolute Gasteiger partial charge is 0.314 e. The Kier molecular flexibility index (Phi) is 5.15. The van der Waals surface area contributed by atoms with Gasteiger partial charge in [-0.15, -0.1) is 0 Å². The lowest BCUT2D eigenvalue weighted by molar-refractivity contribution is 0.324. The van der Waals surface area contributed by atoms with Crippen LogP contribution in [0.3, 0.4) is 0 Å². The van der Waals surface area contributed by atoms with E-state index in [1.54, 1.807) is 11.4 Å². The lowest BCUT2D eigenvalue weighted by atomic mass is 10.1. The molecule has 0 amide bonds. The molecule has 6 heteroatoms. The number of rotatable bonds is 5. The molecule has 20 heavy (non-hydrogen) atoms. The molecular formula is C14H23N3O2S. The Morgan fingerprint density at radius 2 is 1.70 bits per heavy atom. The molecule has 1 aromatic carbocycles. The minimum atomic E-state index is -3.35. The van der Waals surface area contributed by atoms with Gasteiger partial charge in [-0.25, -0.2) is 0 Å². The van der Waals surface area contributed by atoms with Gasteiger partial charge in [0.05, 0.1) is 0 Å². The van der Waals surface area contributed by atoms with Crippen LogP contribution in [0.15, 0.2) is 24.3 Å². The van der Waals surface area contributed by atoms with E-state index >= 15 is 0 Å². The number of nitrogens with zero attached hydrogens (tertiary/aromatic N) is 2. The fourth-order valence-corrected chi connectivity index (χ4v) is 3.64. The van der Waals surface area contributed by atoms with E-state index in [4.69, 9.17) is 0 Å². The van der Waals surface area contributed by atoms with Gasteiger partial charge in [-0.3, -0.25) is 0 Å². The molecule has 5 nitrogen and oxygen atoms in total. The number of benzene rings is 1. The Morgan fingerprint density at radius 1 is 1.15 bits per heavy atom. The smallest absolute Gasteiger partial charge is 0.282 e. The number of nitrogens with one attached hydrogen (secondary N) is 1. The van der Waals surface area contributed by atoms with Crippen molar-refractivity contribution in [3.05, 3.63) is 35.4 Å². The molecule has 0 aliphatic carbocycles. The van der Waals surface area contributed by atoms with Crippen LogP contribution in [0.4, 0.5) is 0 Å². The Bertz CT molecular complexity index is 522. The molecule has 1 aromatic rings. The van der Waals surface area contributed by atoms with Crippen molar-refractivity contribution >= 4 is 10.2 Å². The summed E-state index contributed by atoms with van der Waals surface area (Å²) in [4.78, 5) is 0. The van der Waals surface area contributed by atoms with Crippen molar-refractivity contribution in [1.29, 1.82) is 0 Å². The van der Waals surface area contributed by atoms with E-state index in [-0.39, 0.29) is 0 Å². The second-order valence-corrected chi connectivity index (χ2v) is 7.12. The van der Waals surface area contributed by atoms with Gasteiger partial charge in [0.25, 0.3) is 10.2 Å². The molecule has 1 fully saturated rings. The van der Waals surface area contributed by atoms with Crippen LogP contribution in [0.1, 0.15) is 18.1 Å². The Morgan fingerprint density at radius 3 is 2.25 bits per heavy atom. The van der Waals surface area contributed by atoms with Crippen LogP contribution in [-0.2, 0) is 23.2 Å². The van der Waals surface area contributed by atoms with Gasteiger partial charge in [-0.1, -0.05) is 31.2 Å². The van der Waals surface area contributed by atoms with Crippen molar-refractivity contribution in [1.82, 2.24) is 13.9 Å². The number of piperazine rings is 1. The van der Waals surface area contributed by atoms with Crippen molar-refractivity contribution in [2.24, 2.45) is 0 Å². The van der Waals surface area contributed by atoms with E-state index in [9.17, 15) is 8.42 Å². The van der Waals surface area contributed by atoms with Crippen LogP contribution in [0, 0.1) is 0 Å². The van der Waals surface area contributed by atoms with Gasteiger partial charge in [0.1, 0.15) is 0 Å². The first-order valence-corrected chi connectivity index (χ1v) is 8.43. The summed E-state index contributed by atoms with van der Waals surface area (Å²) in [6.45, 7) is 5.05. The summed E-state index contributed by atoms with van der Waals surface area (Å²) < 4.78 is 27.8. The molecule has 112 valence electrons. The van der Waals surface area contributed by atoms with Crippen LogP contribution in [0.5, 0.6) is 0 Å². The highest BCUT2D eigenvalue weighted by molar-refractivity contribution is 7.86. The Balaban J connectivity index is 2.03. The lowest BCUT2D eigenvalue weighted by Gasteiger charge is -2.30. The van der Waals surface area contributed by atoms with Gasteiger partial charge >= 0.3 is 0 Å². The average molecular weight is 297 g/mol. The SMILES string of the molecule is CCc1ccc(CN(C)S(=O)(=O)N2CCNCC2)cc1. The molecular weight excluding hydrogens is 274 g/mol. The zero-order valence-electron chi connectivity index (χ0n) is 12.2. The Hall–Kier alpha value is -0.950. The van der Waals surface area contributed by atoms with Crippen molar-refractivity contribution in [2.45, 2.75) is 19.9 Å². The van der Waals surface area contributed by atoms with Crippen molar-refractivity contribution < 1.29 is 8.42 Å². The van der Waals surface area contributed by atoms with Crippen LogP contribution < -0.4 is 5.32 Å². The third kappa shape index (κ3) is 3.58. The quantitative estimate of drug-likeness (QED) is 0.876. The number of hydrogen-bond donors (Lipinski definition) is 1. The van der Waals surface area contributed by atoms with E-state index in [0.717, 1.165) is 25.1 Å². The summed E-state index contributed by atoms with van der Waals surface area (Å²) in [6.07, 6.45) is 0.995. The molecule has 0 aromatic heterocycles. The summed E-state index contributed by atoms with van der Waals surface area (Å²) in [5.41, 5.74) is 2.28. The fourth-order valence-electron chi connectivity index (χ4n) is 2.29. The molecule has 1 aliphatic heterocycles. The zero-order valence-corrected chi connectivity index (χ0v) is 13.0. The topological polar surface area (TPSA) is 52.7 Å². The fraction of sp³-hybridized carbons (Fsp3) is 0.571. The molecule has 0 atom stereocenters. The van der Waals surface area contributed by atoms with Gasteiger partial charge in [0.2, 0.25) is 0 Å². The first-order chi connectivity index (χ1) is 9.54. The summed E-state index contributed by atoms with van der Waals surface area (Å²) >= 11 is 0. The summed E-state index contributed by atoms with van der Waals surface area (Å²) in [6, 6.07) is 8.12. The predicted molar refractivity (Wildman–Crippen MR) is 80.6 cm³/mol. The minimum absolute atomic E-state index is 0.413. The zero-order chi connectivity index (χ0) is 14.6. The molecule has 1 heterocycles. The summed E-state index contributed by atoms with van der Waals surface area (Å²) in [7, 11) is -1.71. The monoisotopic (exact) mass is 297 g/mol. The van der Waals surface area contributed by atoms with E-state index in [2.05, 4.69) is 24.4 Å². The van der Waals surface area contributed by atoms with E-state index < -0.39 is 10.2 Å². The highest BCUT2D eigenvalue weighted by atomic mass is 32.2. The minimum Gasteiger partial charge on any atom is -0.314 e. The molecule has 1 saturated heterocycles. The second-order valence-electron chi connectivity index (χ2n) is 5.08. The molecule has 2 rings (SSSR count). The molecule has 1 aliphatic rings. The molecule has 1 N–H and O–H groups in total. The first-order valence-electron chi connectivity index (χ1n) is 7.04. The Labute approximate surface area is 121 Å². The second kappa shape index (κ2) is 6.67. The summed E-state index contributed by atoms with van der Waals surface area (Å²) in [5, 5.41) is 3.16. The van der Waals surface area contributed by atoms with Crippen molar-refractivity contribution in [2.75, 3.05) is 33.2 Å². The molecule has 0 saturated carbocycles. The van der Waals surface area contributed by atoms with Crippen LogP contribution in [0.25, 0.3) is 0 Å². The maximum absolute atomic E-state index is 12.4. The van der Waals surface area contributed by atoms with E-state index in [1.165, 1.54) is 9.87 Å². The van der Waals surface area contributed by atoms with E-state index in [0.29, 0.717) is 19.6 Å². The normalized spacial score (nSPS) is 17.6. The van der Waals surface area contributed by atoms with Crippen LogP contribution in [-0.4, -0.2) is 50.3 Å². The summed E-state index contributed by atoms with van der Waals surface area (Å²) in [5.74, 6) is 0. The first kappa shape index (κ1) is 15.4. The maximum Gasteiger partial charge on any atom is 0.282 e. The maximum atomic E-state index is 12.4. The highest BCUT2D eigenvalue weighted by Gasteiger charge is 2.27. The number of hydrogen-bond acceptors (Lipinski definition) is 3. The molecule has 0 spiro atoms. The highest BCUT2D eigenvalue weighted by Crippen LogP contribution is 2.13. The molecule has 0 unspecified atom stereocenters. The number of aryl methyl sites for hydroxylation is 1. The van der Waals surface area contributed by atoms with Gasteiger partial charge in [0, 0.05) is 39.8 Å². The molecule has 0 radical (unpaired) electrons. The van der Waals surface area contributed by atoms with Crippen molar-refractivity contribution in [3.8, 4) is 0 Å². The lowest BCUT2D eigenvalue weighted by Crippen LogP contribution is -2.50. The van der Waals surface area contributed by atoms with Crippen LogP contribution in [0.2, 0.25) is 0 Å². The van der Waals surface area contributed by atoms with Gasteiger partial charge in [-0.05, 0) is 17.5 Å². The third-order valence-corrected chi connectivity index (χ3v) is 5.57. The van der Waals surface area contributed by atoms with Crippen molar-refractivity contribution in [3.63, 3.8) is 0 Å². The predicted octanol–water partition coefficient (Wildman–Crippen LogP) is 0.831. The van der Waals surface area contributed by atoms with Crippen LogP contribution >= 0.6 is 0 Å². The third-order valence-electron chi connectivity index (χ3n) is 3.63. The van der Waals surface area contributed by atoms with Gasteiger partial charge in [0.15, 0.2) is 0 Å². The standard InChI is InChI=1S/C14H23N3O2S/c1-3-13-4-6-14(7-5-13)12-16(2)20(18,19)17-10-8-15-9-11-17/h4-7,15H,3,8-12H2,1-2H3. The average Bonchev–Trinajstić information content (AvgIpc) is 2.49.